The van der Waals surface area contributed by atoms with Crippen LogP contribution in [-0.2, 0) is 11.4 Å². The summed E-state index contributed by atoms with van der Waals surface area (Å²) in [5.74, 6) is 1.92. The van der Waals surface area contributed by atoms with Crippen molar-refractivity contribution >= 4 is 0 Å². The topological polar surface area (TPSA) is 30.5 Å². The molecule has 0 radical (unpaired) electrons. The third-order valence-corrected chi connectivity index (χ3v) is 3.07. The molecule has 0 saturated carbocycles. The summed E-state index contributed by atoms with van der Waals surface area (Å²) in [5.41, 5.74) is 6.64. The van der Waals surface area contributed by atoms with Crippen molar-refractivity contribution in [1.82, 2.24) is 5.48 Å². The molecule has 0 amide bonds. The van der Waals surface area contributed by atoms with E-state index in [9.17, 15) is 0 Å². The molecular weight excluding hydrogens is 226 g/mol. The van der Waals surface area contributed by atoms with E-state index in [1.165, 1.54) is 16.7 Å². The first kappa shape index (κ1) is 15.0. The summed E-state index contributed by atoms with van der Waals surface area (Å²) < 4.78 is 5.61. The zero-order valence-electron chi connectivity index (χ0n) is 12.3. The molecule has 0 aliphatic rings. The number of nitrogens with one attached hydrogen (secondary N) is 1. The third kappa shape index (κ3) is 3.47. The summed E-state index contributed by atoms with van der Waals surface area (Å²) >= 11 is 0. The van der Waals surface area contributed by atoms with Gasteiger partial charge in [-0.1, -0.05) is 39.8 Å². The Hall–Kier alpha value is -1.06. The first-order chi connectivity index (χ1) is 8.51. The van der Waals surface area contributed by atoms with Crippen molar-refractivity contribution in [3.8, 4) is 5.75 Å². The fourth-order valence-corrected chi connectivity index (χ4v) is 2.09. The molecule has 0 spiro atoms. The molecule has 102 valence electrons. The standard InChI is InChI=1S/C15H25NO2/c1-10(2)13-7-12(9-16-18-6)8-14(11(3)4)15(13)17-5/h7-8,10-11,16H,9H2,1-6H3. The van der Waals surface area contributed by atoms with E-state index < -0.39 is 0 Å². The zero-order chi connectivity index (χ0) is 13.7. The van der Waals surface area contributed by atoms with Crippen LogP contribution in [0.15, 0.2) is 12.1 Å². The third-order valence-electron chi connectivity index (χ3n) is 3.07. The molecule has 0 aliphatic carbocycles. The van der Waals surface area contributed by atoms with Crippen LogP contribution < -0.4 is 10.2 Å². The molecule has 3 nitrogen and oxygen atoms in total. The van der Waals surface area contributed by atoms with Gasteiger partial charge in [0.2, 0.25) is 0 Å². The largest absolute Gasteiger partial charge is 0.496 e. The van der Waals surface area contributed by atoms with Crippen LogP contribution in [0.1, 0.15) is 56.2 Å². The van der Waals surface area contributed by atoms with Gasteiger partial charge in [0.1, 0.15) is 5.75 Å². The van der Waals surface area contributed by atoms with Gasteiger partial charge in [0.05, 0.1) is 14.2 Å². The van der Waals surface area contributed by atoms with Gasteiger partial charge in [-0.3, -0.25) is 0 Å². The van der Waals surface area contributed by atoms with Gasteiger partial charge in [0, 0.05) is 6.54 Å². The van der Waals surface area contributed by atoms with Gasteiger partial charge < -0.3 is 9.57 Å². The monoisotopic (exact) mass is 251 g/mol. The maximum absolute atomic E-state index is 5.61. The number of rotatable bonds is 6. The minimum absolute atomic E-state index is 0.444. The fraction of sp³-hybridized carbons (Fsp3) is 0.600. The number of hydroxylamine groups is 1. The van der Waals surface area contributed by atoms with E-state index >= 15 is 0 Å². The fourth-order valence-electron chi connectivity index (χ4n) is 2.09. The van der Waals surface area contributed by atoms with Crippen LogP contribution in [0.3, 0.4) is 0 Å². The first-order valence-electron chi connectivity index (χ1n) is 6.47. The molecule has 1 aromatic carbocycles. The van der Waals surface area contributed by atoms with Crippen LogP contribution in [-0.4, -0.2) is 14.2 Å². The van der Waals surface area contributed by atoms with E-state index in [1.54, 1.807) is 14.2 Å². The lowest BCUT2D eigenvalue weighted by Gasteiger charge is -2.20. The summed E-state index contributed by atoms with van der Waals surface area (Å²) in [6.07, 6.45) is 0. The highest BCUT2D eigenvalue weighted by Gasteiger charge is 2.16. The van der Waals surface area contributed by atoms with E-state index in [0.717, 1.165) is 5.75 Å². The Morgan fingerprint density at radius 2 is 1.50 bits per heavy atom. The predicted molar refractivity (Wildman–Crippen MR) is 75.0 cm³/mol. The average molecular weight is 251 g/mol. The van der Waals surface area contributed by atoms with E-state index in [4.69, 9.17) is 9.57 Å². The van der Waals surface area contributed by atoms with Crippen molar-refractivity contribution in [3.05, 3.63) is 28.8 Å². The molecule has 0 saturated heterocycles. The minimum Gasteiger partial charge on any atom is -0.496 e. The van der Waals surface area contributed by atoms with E-state index in [0.29, 0.717) is 18.4 Å². The van der Waals surface area contributed by atoms with Gasteiger partial charge in [-0.2, -0.15) is 5.48 Å². The van der Waals surface area contributed by atoms with Crippen LogP contribution >= 0.6 is 0 Å². The predicted octanol–water partition coefficient (Wildman–Crippen LogP) is 3.59. The summed E-state index contributed by atoms with van der Waals surface area (Å²) in [5, 5.41) is 0. The van der Waals surface area contributed by atoms with Crippen molar-refractivity contribution in [3.63, 3.8) is 0 Å². The highest BCUT2D eigenvalue weighted by molar-refractivity contribution is 5.47. The van der Waals surface area contributed by atoms with Crippen molar-refractivity contribution in [2.75, 3.05) is 14.2 Å². The van der Waals surface area contributed by atoms with Gasteiger partial charge >= 0.3 is 0 Å². The Morgan fingerprint density at radius 1 is 1.00 bits per heavy atom. The number of benzene rings is 1. The minimum atomic E-state index is 0.444. The van der Waals surface area contributed by atoms with Crippen LogP contribution in [0.2, 0.25) is 0 Å². The highest BCUT2D eigenvalue weighted by Crippen LogP contribution is 2.35. The quantitative estimate of drug-likeness (QED) is 0.784. The Bertz CT molecular complexity index is 357. The second-order valence-electron chi connectivity index (χ2n) is 5.14. The van der Waals surface area contributed by atoms with Crippen LogP contribution in [0.25, 0.3) is 0 Å². The van der Waals surface area contributed by atoms with Crippen molar-refractivity contribution in [2.24, 2.45) is 0 Å². The van der Waals surface area contributed by atoms with Gasteiger partial charge in [-0.25, -0.2) is 0 Å². The zero-order valence-corrected chi connectivity index (χ0v) is 12.3. The molecule has 1 N–H and O–H groups in total. The summed E-state index contributed by atoms with van der Waals surface area (Å²) in [6.45, 7) is 9.47. The lowest BCUT2D eigenvalue weighted by Crippen LogP contribution is -2.12. The molecule has 0 aliphatic heterocycles. The van der Waals surface area contributed by atoms with E-state index in [-0.39, 0.29) is 0 Å². The van der Waals surface area contributed by atoms with Crippen LogP contribution in [0.4, 0.5) is 0 Å². The lowest BCUT2D eigenvalue weighted by atomic mass is 9.91. The van der Waals surface area contributed by atoms with Crippen LogP contribution in [0.5, 0.6) is 5.75 Å². The smallest absolute Gasteiger partial charge is 0.125 e. The molecule has 0 fully saturated rings. The Labute approximate surface area is 110 Å². The normalized spacial score (nSPS) is 11.3. The maximum atomic E-state index is 5.61. The Morgan fingerprint density at radius 3 is 1.83 bits per heavy atom. The molecule has 0 atom stereocenters. The Kier molecular flexibility index (Phi) is 5.63. The first-order valence-corrected chi connectivity index (χ1v) is 6.47. The summed E-state index contributed by atoms with van der Waals surface area (Å²) in [6, 6.07) is 4.39. The molecule has 18 heavy (non-hydrogen) atoms. The molecule has 0 bridgehead atoms. The summed E-state index contributed by atoms with van der Waals surface area (Å²) in [4.78, 5) is 4.92. The SMILES string of the molecule is CONCc1cc(C(C)C)c(OC)c(C(C)C)c1. The van der Waals surface area contributed by atoms with E-state index in [2.05, 4.69) is 45.3 Å². The molecule has 3 heteroatoms. The van der Waals surface area contributed by atoms with Gasteiger partial charge in [-0.15, -0.1) is 0 Å². The molecule has 0 unspecified atom stereocenters. The van der Waals surface area contributed by atoms with Crippen molar-refractivity contribution in [2.45, 2.75) is 46.1 Å². The second kappa shape index (κ2) is 6.76. The average Bonchev–Trinajstić information content (AvgIpc) is 2.34. The molecule has 1 rings (SSSR count). The molecule has 1 aromatic rings. The number of hydrogen-bond acceptors (Lipinski definition) is 3. The molecular formula is C15H25NO2. The molecule has 0 heterocycles. The van der Waals surface area contributed by atoms with Crippen LogP contribution in [0, 0.1) is 0 Å². The van der Waals surface area contributed by atoms with Crippen molar-refractivity contribution < 1.29 is 9.57 Å². The van der Waals surface area contributed by atoms with Gasteiger partial charge in [0.15, 0.2) is 0 Å². The van der Waals surface area contributed by atoms with Crippen molar-refractivity contribution in [1.29, 1.82) is 0 Å². The van der Waals surface area contributed by atoms with Gasteiger partial charge in [-0.05, 0) is 28.5 Å². The Balaban J connectivity index is 3.25. The number of hydrogen-bond donors (Lipinski definition) is 1. The van der Waals surface area contributed by atoms with Gasteiger partial charge in [0.25, 0.3) is 0 Å². The lowest BCUT2D eigenvalue weighted by molar-refractivity contribution is 0.0866. The summed E-state index contributed by atoms with van der Waals surface area (Å²) in [7, 11) is 3.39. The number of ether oxygens (including phenoxy) is 1. The number of methoxy groups -OCH3 is 1. The van der Waals surface area contributed by atoms with E-state index in [1.807, 2.05) is 0 Å². The maximum Gasteiger partial charge on any atom is 0.125 e. The molecule has 0 aromatic heterocycles. The highest BCUT2D eigenvalue weighted by atomic mass is 16.6. The second-order valence-corrected chi connectivity index (χ2v) is 5.14.